The topological polar surface area (TPSA) is 45.2 Å². The highest BCUT2D eigenvalue weighted by Gasteiger charge is 2.03. The lowest BCUT2D eigenvalue weighted by atomic mass is 10.2. The largest absolute Gasteiger partial charge is 0.494 e. The van der Waals surface area contributed by atoms with Gasteiger partial charge in [0.1, 0.15) is 5.75 Å². The minimum atomic E-state index is 0.0528. The summed E-state index contributed by atoms with van der Waals surface area (Å²) in [6, 6.07) is 5.88. The van der Waals surface area contributed by atoms with Crippen LogP contribution in [-0.4, -0.2) is 16.7 Å². The molecule has 15 heavy (non-hydrogen) atoms. The van der Waals surface area contributed by atoms with Gasteiger partial charge in [0.2, 0.25) is 0 Å². The van der Waals surface area contributed by atoms with Crippen molar-refractivity contribution >= 4 is 10.9 Å². The number of aromatic amines is 1. The Morgan fingerprint density at radius 1 is 1.40 bits per heavy atom. The Bertz CT molecular complexity index is 448. The number of H-pyrrole nitrogens is 1. The quantitative estimate of drug-likeness (QED) is 0.805. The highest BCUT2D eigenvalue weighted by molar-refractivity contribution is 5.84. The molecule has 0 aliphatic carbocycles. The van der Waals surface area contributed by atoms with Crippen LogP contribution in [0.5, 0.6) is 5.75 Å². The number of hydrogen-bond acceptors (Lipinski definition) is 2. The van der Waals surface area contributed by atoms with E-state index in [4.69, 9.17) is 9.84 Å². The normalized spacial score (nSPS) is 10.8. The van der Waals surface area contributed by atoms with Crippen molar-refractivity contribution in [2.45, 2.75) is 20.0 Å². The average molecular weight is 205 g/mol. The maximum atomic E-state index is 9.13. The van der Waals surface area contributed by atoms with E-state index >= 15 is 0 Å². The summed E-state index contributed by atoms with van der Waals surface area (Å²) in [6.45, 7) is 2.86. The molecule has 3 nitrogen and oxygen atoms in total. The molecule has 0 bridgehead atoms. The lowest BCUT2D eigenvalue weighted by Gasteiger charge is -2.04. The fourth-order valence-corrected chi connectivity index (χ4v) is 1.60. The van der Waals surface area contributed by atoms with Gasteiger partial charge in [-0.15, -0.1) is 0 Å². The van der Waals surface area contributed by atoms with Gasteiger partial charge >= 0.3 is 0 Å². The molecule has 1 aromatic carbocycles. The molecule has 1 aromatic heterocycles. The number of aliphatic hydroxyl groups is 1. The number of benzene rings is 1. The molecule has 0 spiro atoms. The van der Waals surface area contributed by atoms with Crippen molar-refractivity contribution in [1.82, 2.24) is 4.98 Å². The second-order valence-electron chi connectivity index (χ2n) is 3.53. The van der Waals surface area contributed by atoms with Gasteiger partial charge < -0.3 is 14.8 Å². The van der Waals surface area contributed by atoms with Gasteiger partial charge in [-0.25, -0.2) is 0 Å². The van der Waals surface area contributed by atoms with E-state index in [1.54, 1.807) is 0 Å². The van der Waals surface area contributed by atoms with Crippen LogP contribution in [0.3, 0.4) is 0 Å². The molecule has 0 unspecified atom stereocenters. The number of rotatable bonds is 4. The Kier molecular flexibility index (Phi) is 2.92. The molecule has 80 valence electrons. The molecule has 0 fully saturated rings. The van der Waals surface area contributed by atoms with Crippen molar-refractivity contribution in [2.24, 2.45) is 0 Å². The van der Waals surface area contributed by atoms with Crippen LogP contribution >= 0.6 is 0 Å². The molecular weight excluding hydrogens is 190 g/mol. The highest BCUT2D eigenvalue weighted by Crippen LogP contribution is 2.23. The molecule has 0 amide bonds. The van der Waals surface area contributed by atoms with E-state index in [1.165, 1.54) is 0 Å². The second kappa shape index (κ2) is 4.36. The average Bonchev–Trinajstić information content (AvgIpc) is 2.68. The standard InChI is InChI=1S/C12H15NO2/c1-2-5-15-10-3-4-12-11(6-10)9(8-14)7-13-12/h3-4,6-7,13-14H,2,5,8H2,1H3. The van der Waals surface area contributed by atoms with E-state index in [2.05, 4.69) is 11.9 Å². The zero-order chi connectivity index (χ0) is 10.7. The van der Waals surface area contributed by atoms with Gasteiger partial charge in [0.05, 0.1) is 13.2 Å². The van der Waals surface area contributed by atoms with E-state index < -0.39 is 0 Å². The molecule has 0 radical (unpaired) electrons. The smallest absolute Gasteiger partial charge is 0.120 e. The summed E-state index contributed by atoms with van der Waals surface area (Å²) in [4.78, 5) is 3.11. The van der Waals surface area contributed by atoms with Crippen molar-refractivity contribution in [3.8, 4) is 5.75 Å². The zero-order valence-corrected chi connectivity index (χ0v) is 8.79. The molecule has 3 heteroatoms. The van der Waals surface area contributed by atoms with Crippen molar-refractivity contribution < 1.29 is 9.84 Å². The van der Waals surface area contributed by atoms with Crippen molar-refractivity contribution in [1.29, 1.82) is 0 Å². The third-order valence-corrected chi connectivity index (χ3v) is 2.38. The summed E-state index contributed by atoms with van der Waals surface area (Å²) in [5, 5.41) is 10.2. The zero-order valence-electron chi connectivity index (χ0n) is 8.79. The van der Waals surface area contributed by atoms with Crippen LogP contribution in [0.15, 0.2) is 24.4 Å². The number of fused-ring (bicyclic) bond motifs is 1. The van der Waals surface area contributed by atoms with Gasteiger partial charge in [-0.05, 0) is 24.6 Å². The first-order valence-electron chi connectivity index (χ1n) is 5.19. The summed E-state index contributed by atoms with van der Waals surface area (Å²) in [6.07, 6.45) is 2.83. The highest BCUT2D eigenvalue weighted by atomic mass is 16.5. The van der Waals surface area contributed by atoms with E-state index in [9.17, 15) is 0 Å². The Morgan fingerprint density at radius 3 is 3.00 bits per heavy atom. The molecular formula is C12H15NO2. The first-order chi connectivity index (χ1) is 7.35. The van der Waals surface area contributed by atoms with Crippen molar-refractivity contribution in [3.05, 3.63) is 30.0 Å². The molecule has 0 aliphatic heterocycles. The van der Waals surface area contributed by atoms with Crippen molar-refractivity contribution in [2.75, 3.05) is 6.61 Å². The minimum absolute atomic E-state index is 0.0528. The number of aromatic nitrogens is 1. The maximum Gasteiger partial charge on any atom is 0.120 e. The number of ether oxygens (including phenoxy) is 1. The number of hydrogen-bond donors (Lipinski definition) is 2. The molecule has 0 saturated heterocycles. The number of aliphatic hydroxyl groups excluding tert-OH is 1. The fraction of sp³-hybridized carbons (Fsp3) is 0.333. The van der Waals surface area contributed by atoms with Crippen LogP contribution in [0.25, 0.3) is 10.9 Å². The molecule has 2 N–H and O–H groups in total. The first-order valence-corrected chi connectivity index (χ1v) is 5.19. The predicted octanol–water partition coefficient (Wildman–Crippen LogP) is 2.45. The van der Waals surface area contributed by atoms with Crippen LogP contribution in [0.1, 0.15) is 18.9 Å². The van der Waals surface area contributed by atoms with Crippen LogP contribution < -0.4 is 4.74 Å². The van der Waals surface area contributed by atoms with E-state index in [-0.39, 0.29) is 6.61 Å². The van der Waals surface area contributed by atoms with Gasteiger partial charge in [0.25, 0.3) is 0 Å². The van der Waals surface area contributed by atoms with Gasteiger partial charge in [-0.2, -0.15) is 0 Å². The minimum Gasteiger partial charge on any atom is -0.494 e. The van der Waals surface area contributed by atoms with Crippen LogP contribution in [0, 0.1) is 0 Å². The predicted molar refractivity (Wildman–Crippen MR) is 60.0 cm³/mol. The van der Waals surface area contributed by atoms with E-state index in [0.29, 0.717) is 0 Å². The Hall–Kier alpha value is -1.48. The monoisotopic (exact) mass is 205 g/mol. The summed E-state index contributed by atoms with van der Waals surface area (Å²) in [5.74, 6) is 0.860. The SMILES string of the molecule is CCCOc1ccc2[nH]cc(CO)c2c1. The van der Waals surface area contributed by atoms with Gasteiger partial charge in [0.15, 0.2) is 0 Å². The summed E-state index contributed by atoms with van der Waals surface area (Å²) in [7, 11) is 0. The molecule has 0 atom stereocenters. The van der Waals surface area contributed by atoms with Gasteiger partial charge in [-0.1, -0.05) is 6.92 Å². The molecule has 1 heterocycles. The molecule has 0 aliphatic rings. The Labute approximate surface area is 88.7 Å². The third-order valence-electron chi connectivity index (χ3n) is 2.38. The maximum absolute atomic E-state index is 9.13. The van der Waals surface area contributed by atoms with E-state index in [0.717, 1.165) is 35.2 Å². The Balaban J connectivity index is 2.35. The van der Waals surface area contributed by atoms with Crippen LogP contribution in [0.4, 0.5) is 0 Å². The molecule has 0 saturated carbocycles. The molecule has 2 rings (SSSR count). The summed E-state index contributed by atoms with van der Waals surface area (Å²) in [5.41, 5.74) is 1.94. The first kappa shape index (κ1) is 10.1. The Morgan fingerprint density at radius 2 is 2.27 bits per heavy atom. The summed E-state index contributed by atoms with van der Waals surface area (Å²) >= 11 is 0. The lowest BCUT2D eigenvalue weighted by molar-refractivity contribution is 0.283. The fourth-order valence-electron chi connectivity index (χ4n) is 1.60. The summed E-state index contributed by atoms with van der Waals surface area (Å²) < 4.78 is 5.54. The lowest BCUT2D eigenvalue weighted by Crippen LogP contribution is -1.94. The van der Waals surface area contributed by atoms with Gasteiger partial charge in [0, 0.05) is 22.7 Å². The van der Waals surface area contributed by atoms with Gasteiger partial charge in [-0.3, -0.25) is 0 Å². The van der Waals surface area contributed by atoms with Crippen LogP contribution in [0.2, 0.25) is 0 Å². The third kappa shape index (κ3) is 1.97. The van der Waals surface area contributed by atoms with E-state index in [1.807, 2.05) is 24.4 Å². The number of nitrogens with one attached hydrogen (secondary N) is 1. The molecule has 2 aromatic rings. The van der Waals surface area contributed by atoms with Crippen LogP contribution in [-0.2, 0) is 6.61 Å². The van der Waals surface area contributed by atoms with Crippen molar-refractivity contribution in [3.63, 3.8) is 0 Å². The second-order valence-corrected chi connectivity index (χ2v) is 3.53.